The first kappa shape index (κ1) is 10.4. The van der Waals surface area contributed by atoms with Crippen molar-refractivity contribution in [2.45, 2.75) is 6.29 Å². The summed E-state index contributed by atoms with van der Waals surface area (Å²) in [4.78, 5) is 1.82. The molecule has 0 aliphatic rings. The van der Waals surface area contributed by atoms with E-state index in [9.17, 15) is 0 Å². The van der Waals surface area contributed by atoms with Gasteiger partial charge < -0.3 is 10.2 Å². The van der Waals surface area contributed by atoms with E-state index < -0.39 is 6.29 Å². The number of rotatable bonds is 6. The summed E-state index contributed by atoms with van der Waals surface area (Å²) in [6.45, 7) is 8.62. The van der Waals surface area contributed by atoms with Crippen molar-refractivity contribution < 1.29 is 10.2 Å². The normalized spacial score (nSPS) is 10.5. The summed E-state index contributed by atoms with van der Waals surface area (Å²) in [7, 11) is 0. The van der Waals surface area contributed by atoms with E-state index in [0.29, 0.717) is 13.1 Å². The molecule has 0 atom stereocenters. The van der Waals surface area contributed by atoms with Crippen molar-refractivity contribution in [1.29, 1.82) is 0 Å². The fourth-order valence-electron chi connectivity index (χ4n) is 0.820. The third-order valence-corrected chi connectivity index (χ3v) is 1.20. The predicted octanol–water partition coefficient (Wildman–Crippen LogP) is -0.0289. The molecule has 2 N–H and O–H groups in total. The van der Waals surface area contributed by atoms with Gasteiger partial charge >= 0.3 is 0 Å². The second kappa shape index (κ2) is 6.09. The lowest BCUT2D eigenvalue weighted by Crippen LogP contribution is -2.32. The topological polar surface area (TPSA) is 43.7 Å². The molecule has 0 aliphatic heterocycles. The first-order chi connectivity index (χ1) is 5.20. The maximum atomic E-state index is 8.62. The van der Waals surface area contributed by atoms with Crippen LogP contribution in [0, 0.1) is 0 Å². The van der Waals surface area contributed by atoms with Crippen molar-refractivity contribution in [3.05, 3.63) is 25.3 Å². The van der Waals surface area contributed by atoms with Gasteiger partial charge in [0, 0.05) is 19.6 Å². The van der Waals surface area contributed by atoms with Gasteiger partial charge in [-0.15, -0.1) is 13.2 Å². The molecule has 3 heteroatoms. The lowest BCUT2D eigenvalue weighted by molar-refractivity contribution is -0.0578. The van der Waals surface area contributed by atoms with E-state index in [4.69, 9.17) is 10.2 Å². The Morgan fingerprint density at radius 2 is 1.64 bits per heavy atom. The minimum Gasteiger partial charge on any atom is -0.367 e. The van der Waals surface area contributed by atoms with Crippen LogP contribution in [-0.2, 0) is 0 Å². The molecule has 0 saturated heterocycles. The fraction of sp³-hybridized carbons (Fsp3) is 0.500. The number of aliphatic hydroxyl groups excluding tert-OH is 1. The first-order valence-corrected chi connectivity index (χ1v) is 3.51. The van der Waals surface area contributed by atoms with Crippen LogP contribution in [0.3, 0.4) is 0 Å². The molecule has 11 heavy (non-hydrogen) atoms. The van der Waals surface area contributed by atoms with E-state index in [1.807, 2.05) is 4.90 Å². The molecule has 0 spiro atoms. The van der Waals surface area contributed by atoms with Gasteiger partial charge in [-0.3, -0.25) is 4.90 Å². The summed E-state index contributed by atoms with van der Waals surface area (Å²) < 4.78 is 0. The van der Waals surface area contributed by atoms with Crippen LogP contribution in [0.2, 0.25) is 0 Å². The summed E-state index contributed by atoms with van der Waals surface area (Å²) in [5, 5.41) is 17.2. The Bertz CT molecular complexity index is 113. The molecule has 0 aliphatic carbocycles. The van der Waals surface area contributed by atoms with E-state index in [0.717, 1.165) is 0 Å². The van der Waals surface area contributed by atoms with Gasteiger partial charge in [0.05, 0.1) is 0 Å². The van der Waals surface area contributed by atoms with Gasteiger partial charge in [-0.25, -0.2) is 0 Å². The van der Waals surface area contributed by atoms with E-state index in [1.54, 1.807) is 12.2 Å². The van der Waals surface area contributed by atoms with Crippen LogP contribution in [0.5, 0.6) is 0 Å². The van der Waals surface area contributed by atoms with Gasteiger partial charge in [0.1, 0.15) is 0 Å². The lowest BCUT2D eigenvalue weighted by Gasteiger charge is -2.19. The number of nitrogens with zero attached hydrogens (tertiary/aromatic N) is 1. The molecule has 0 heterocycles. The molecular formula is C8H15NO2. The first-order valence-electron chi connectivity index (χ1n) is 3.51. The standard InChI is InChI=1S/C8H15NO2/c1-3-5-9(6-4-2)7-8(10)11/h3-4,8,10-11H,1-2,5-7H2. The smallest absolute Gasteiger partial charge is 0.164 e. The Morgan fingerprint density at radius 3 is 1.91 bits per heavy atom. The molecule has 0 aromatic rings. The molecule has 3 nitrogen and oxygen atoms in total. The number of hydrogen-bond acceptors (Lipinski definition) is 3. The Labute approximate surface area is 67.3 Å². The predicted molar refractivity (Wildman–Crippen MR) is 45.1 cm³/mol. The Balaban J connectivity index is 3.67. The molecule has 0 radical (unpaired) electrons. The largest absolute Gasteiger partial charge is 0.367 e. The van der Waals surface area contributed by atoms with Gasteiger partial charge in [-0.1, -0.05) is 12.2 Å². The van der Waals surface area contributed by atoms with E-state index >= 15 is 0 Å². The molecule has 0 bridgehead atoms. The quantitative estimate of drug-likeness (QED) is 0.420. The van der Waals surface area contributed by atoms with Gasteiger partial charge in [-0.2, -0.15) is 0 Å². The average Bonchev–Trinajstić information content (AvgIpc) is 1.87. The van der Waals surface area contributed by atoms with Crippen LogP contribution in [-0.4, -0.2) is 41.0 Å². The summed E-state index contributed by atoms with van der Waals surface area (Å²) in [5.74, 6) is 0. The maximum absolute atomic E-state index is 8.62. The van der Waals surface area contributed by atoms with E-state index in [1.165, 1.54) is 0 Å². The fourth-order valence-corrected chi connectivity index (χ4v) is 0.820. The summed E-state index contributed by atoms with van der Waals surface area (Å²) >= 11 is 0. The second-order valence-corrected chi connectivity index (χ2v) is 2.28. The Kier molecular flexibility index (Phi) is 5.74. The van der Waals surface area contributed by atoms with Gasteiger partial charge in [0.15, 0.2) is 6.29 Å². The molecule has 0 fully saturated rings. The van der Waals surface area contributed by atoms with Gasteiger partial charge in [0.25, 0.3) is 0 Å². The van der Waals surface area contributed by atoms with Crippen LogP contribution in [0.4, 0.5) is 0 Å². The minimum atomic E-state index is -1.28. The van der Waals surface area contributed by atoms with Crippen LogP contribution in [0.25, 0.3) is 0 Å². The SMILES string of the molecule is C=CCN(CC=C)CC(O)O. The molecule has 0 rings (SSSR count). The second-order valence-electron chi connectivity index (χ2n) is 2.28. The molecule has 64 valence electrons. The zero-order valence-electron chi connectivity index (χ0n) is 6.61. The monoisotopic (exact) mass is 157 g/mol. The van der Waals surface area contributed by atoms with Crippen molar-refractivity contribution >= 4 is 0 Å². The number of aliphatic hydroxyl groups is 2. The molecular weight excluding hydrogens is 142 g/mol. The van der Waals surface area contributed by atoms with Crippen LogP contribution in [0.15, 0.2) is 25.3 Å². The van der Waals surface area contributed by atoms with Gasteiger partial charge in [-0.05, 0) is 0 Å². The zero-order valence-corrected chi connectivity index (χ0v) is 6.61. The molecule has 0 amide bonds. The highest BCUT2D eigenvalue weighted by Gasteiger charge is 2.04. The van der Waals surface area contributed by atoms with Crippen molar-refractivity contribution in [1.82, 2.24) is 4.90 Å². The lowest BCUT2D eigenvalue weighted by atomic mass is 10.4. The minimum absolute atomic E-state index is 0.234. The van der Waals surface area contributed by atoms with Crippen molar-refractivity contribution in [2.75, 3.05) is 19.6 Å². The van der Waals surface area contributed by atoms with Crippen molar-refractivity contribution in [2.24, 2.45) is 0 Å². The van der Waals surface area contributed by atoms with Crippen LogP contribution < -0.4 is 0 Å². The third kappa shape index (κ3) is 5.79. The highest BCUT2D eigenvalue weighted by Crippen LogP contribution is 1.90. The third-order valence-electron chi connectivity index (χ3n) is 1.20. The highest BCUT2D eigenvalue weighted by atomic mass is 16.5. The Morgan fingerprint density at radius 1 is 1.18 bits per heavy atom. The zero-order chi connectivity index (χ0) is 8.69. The van der Waals surface area contributed by atoms with Crippen molar-refractivity contribution in [3.63, 3.8) is 0 Å². The molecule has 0 aromatic carbocycles. The number of hydrogen-bond donors (Lipinski definition) is 2. The van der Waals surface area contributed by atoms with Crippen LogP contribution in [0.1, 0.15) is 0 Å². The summed E-state index contributed by atoms with van der Waals surface area (Å²) in [6.07, 6.45) is 2.15. The molecule has 0 aromatic heterocycles. The Hall–Kier alpha value is -0.640. The van der Waals surface area contributed by atoms with Crippen LogP contribution >= 0.6 is 0 Å². The van der Waals surface area contributed by atoms with E-state index in [-0.39, 0.29) is 6.54 Å². The average molecular weight is 157 g/mol. The molecule has 0 unspecified atom stereocenters. The maximum Gasteiger partial charge on any atom is 0.164 e. The highest BCUT2D eigenvalue weighted by molar-refractivity contribution is 4.79. The summed E-state index contributed by atoms with van der Waals surface area (Å²) in [5.41, 5.74) is 0. The van der Waals surface area contributed by atoms with E-state index in [2.05, 4.69) is 13.2 Å². The summed E-state index contributed by atoms with van der Waals surface area (Å²) in [6, 6.07) is 0. The molecule has 0 saturated carbocycles. The van der Waals surface area contributed by atoms with Gasteiger partial charge in [0.2, 0.25) is 0 Å². The van der Waals surface area contributed by atoms with Crippen molar-refractivity contribution in [3.8, 4) is 0 Å².